The summed E-state index contributed by atoms with van der Waals surface area (Å²) in [5.74, 6) is -0.917. The van der Waals surface area contributed by atoms with Crippen LogP contribution in [0, 0.1) is 0 Å². The van der Waals surface area contributed by atoms with E-state index in [1.165, 1.54) is 0 Å². The monoisotopic (exact) mass is 366 g/mol. The molecule has 136 valence electrons. The van der Waals surface area contributed by atoms with E-state index >= 15 is 0 Å². The number of halogens is 1. The van der Waals surface area contributed by atoms with Gasteiger partial charge in [-0.15, -0.1) is 0 Å². The summed E-state index contributed by atoms with van der Waals surface area (Å²) >= 11 is 5.77. The topological polar surface area (TPSA) is 84.5 Å². The summed E-state index contributed by atoms with van der Waals surface area (Å²) in [5, 5.41) is 6.14. The van der Waals surface area contributed by atoms with Gasteiger partial charge in [0, 0.05) is 29.6 Å². The van der Waals surface area contributed by atoms with Crippen molar-refractivity contribution in [3.63, 3.8) is 0 Å². The van der Waals surface area contributed by atoms with Crippen LogP contribution >= 0.6 is 11.6 Å². The smallest absolute Gasteiger partial charge is 0.306 e. The van der Waals surface area contributed by atoms with Crippen molar-refractivity contribution in [1.29, 1.82) is 0 Å². The van der Waals surface area contributed by atoms with E-state index in [1.807, 2.05) is 0 Å². The first-order chi connectivity index (χ1) is 12.0. The molecule has 25 heavy (non-hydrogen) atoms. The molecule has 0 radical (unpaired) electrons. The van der Waals surface area contributed by atoms with E-state index in [2.05, 4.69) is 10.6 Å². The second-order valence-corrected chi connectivity index (χ2v) is 6.51. The maximum Gasteiger partial charge on any atom is 0.306 e. The average Bonchev–Trinajstić information content (AvgIpc) is 3.10. The van der Waals surface area contributed by atoms with Gasteiger partial charge in [-0.2, -0.15) is 0 Å². The van der Waals surface area contributed by atoms with Gasteiger partial charge in [0.1, 0.15) is 0 Å². The van der Waals surface area contributed by atoms with Crippen molar-refractivity contribution >= 4 is 29.4 Å². The molecule has 2 rings (SSSR count). The van der Waals surface area contributed by atoms with Gasteiger partial charge in [-0.1, -0.05) is 24.4 Å². The minimum atomic E-state index is -0.442. The number of nitrogens with one attached hydrogen (secondary N) is 2. The van der Waals surface area contributed by atoms with Crippen LogP contribution in [0.25, 0.3) is 0 Å². The van der Waals surface area contributed by atoms with Crippen molar-refractivity contribution in [2.75, 3.05) is 13.2 Å². The molecule has 7 heteroatoms. The summed E-state index contributed by atoms with van der Waals surface area (Å²) in [5.41, 5.74) is 0.510. The Bertz CT molecular complexity index is 598. The molecule has 2 N–H and O–H groups in total. The molecule has 0 bridgehead atoms. The highest BCUT2D eigenvalue weighted by molar-refractivity contribution is 6.30. The summed E-state index contributed by atoms with van der Waals surface area (Å²) < 4.78 is 4.94. The third-order valence-electron chi connectivity index (χ3n) is 4.03. The van der Waals surface area contributed by atoms with Crippen molar-refractivity contribution in [2.24, 2.45) is 0 Å². The van der Waals surface area contributed by atoms with Crippen molar-refractivity contribution in [3.8, 4) is 0 Å². The molecule has 1 fully saturated rings. The van der Waals surface area contributed by atoms with Crippen molar-refractivity contribution in [2.45, 2.75) is 44.6 Å². The lowest BCUT2D eigenvalue weighted by Gasteiger charge is -2.12. The Morgan fingerprint density at radius 3 is 2.48 bits per heavy atom. The number of ether oxygens (including phenoxy) is 1. The number of carbonyl (C=O) groups excluding carboxylic acids is 3. The summed E-state index contributed by atoms with van der Waals surface area (Å²) in [6.45, 7) is 0.108. The molecule has 0 spiro atoms. The number of rotatable bonds is 8. The summed E-state index contributed by atoms with van der Waals surface area (Å²) in [4.78, 5) is 35.1. The number of amides is 2. The first kappa shape index (κ1) is 19.2. The molecule has 1 aromatic carbocycles. The largest absolute Gasteiger partial charge is 0.456 e. The minimum Gasteiger partial charge on any atom is -0.456 e. The second kappa shape index (κ2) is 10.0. The SMILES string of the molecule is O=C(COC(=O)CCCNC(=O)c1ccc(Cl)cc1)NC1CCCC1. The van der Waals surface area contributed by atoms with Crippen molar-refractivity contribution in [3.05, 3.63) is 34.9 Å². The van der Waals surface area contributed by atoms with E-state index < -0.39 is 5.97 Å². The lowest BCUT2D eigenvalue weighted by atomic mass is 10.2. The normalized spacial score (nSPS) is 14.1. The highest BCUT2D eigenvalue weighted by atomic mass is 35.5. The maximum absolute atomic E-state index is 11.9. The Morgan fingerprint density at radius 2 is 1.80 bits per heavy atom. The summed E-state index contributed by atoms with van der Waals surface area (Å²) in [6, 6.07) is 6.77. The van der Waals surface area contributed by atoms with Gasteiger partial charge >= 0.3 is 5.97 Å². The molecule has 0 saturated heterocycles. The second-order valence-electron chi connectivity index (χ2n) is 6.08. The number of benzene rings is 1. The molecule has 1 aliphatic carbocycles. The van der Waals surface area contributed by atoms with Crippen LogP contribution in [0.15, 0.2) is 24.3 Å². The van der Waals surface area contributed by atoms with Crippen LogP contribution < -0.4 is 10.6 Å². The van der Waals surface area contributed by atoms with Gasteiger partial charge in [0.2, 0.25) is 0 Å². The molecular formula is C18H23ClN2O4. The third kappa shape index (κ3) is 7.13. The Hall–Kier alpha value is -2.08. The van der Waals surface area contributed by atoms with Crippen LogP contribution in [-0.4, -0.2) is 37.0 Å². The van der Waals surface area contributed by atoms with E-state index in [0.717, 1.165) is 25.7 Å². The van der Waals surface area contributed by atoms with Crippen LogP contribution in [0.2, 0.25) is 5.02 Å². The Morgan fingerprint density at radius 1 is 1.12 bits per heavy atom. The van der Waals surface area contributed by atoms with Crippen LogP contribution in [0.4, 0.5) is 0 Å². The van der Waals surface area contributed by atoms with Gasteiger partial charge in [0.15, 0.2) is 6.61 Å². The molecule has 0 unspecified atom stereocenters. The quantitative estimate of drug-likeness (QED) is 0.546. The van der Waals surface area contributed by atoms with Crippen LogP contribution in [0.3, 0.4) is 0 Å². The summed E-state index contributed by atoms with van der Waals surface area (Å²) in [7, 11) is 0. The zero-order chi connectivity index (χ0) is 18.1. The molecule has 1 saturated carbocycles. The first-order valence-corrected chi connectivity index (χ1v) is 8.91. The summed E-state index contributed by atoms with van der Waals surface area (Å²) in [6.07, 6.45) is 4.85. The van der Waals surface area contributed by atoms with E-state index in [-0.39, 0.29) is 30.9 Å². The zero-order valence-corrected chi connectivity index (χ0v) is 14.8. The van der Waals surface area contributed by atoms with Crippen LogP contribution in [-0.2, 0) is 14.3 Å². The van der Waals surface area contributed by atoms with Gasteiger partial charge in [0.25, 0.3) is 11.8 Å². The van der Waals surface area contributed by atoms with Crippen molar-refractivity contribution < 1.29 is 19.1 Å². The molecule has 0 aliphatic heterocycles. The fourth-order valence-corrected chi connectivity index (χ4v) is 2.82. The molecule has 1 aromatic rings. The van der Waals surface area contributed by atoms with Crippen LogP contribution in [0.1, 0.15) is 48.9 Å². The number of hydrogen-bond acceptors (Lipinski definition) is 4. The molecule has 6 nitrogen and oxygen atoms in total. The number of carbonyl (C=O) groups is 3. The predicted octanol–water partition coefficient (Wildman–Crippen LogP) is 2.45. The number of hydrogen-bond donors (Lipinski definition) is 2. The lowest BCUT2D eigenvalue weighted by molar-refractivity contribution is -0.148. The van der Waals surface area contributed by atoms with E-state index in [4.69, 9.17) is 16.3 Å². The van der Waals surface area contributed by atoms with Gasteiger partial charge in [-0.25, -0.2) is 0 Å². The Balaban J connectivity index is 1.55. The molecular weight excluding hydrogens is 344 g/mol. The highest BCUT2D eigenvalue weighted by Gasteiger charge is 2.17. The Labute approximate surface area is 152 Å². The van der Waals surface area contributed by atoms with Gasteiger partial charge in [-0.3, -0.25) is 14.4 Å². The lowest BCUT2D eigenvalue weighted by Crippen LogP contribution is -2.36. The van der Waals surface area contributed by atoms with E-state index in [9.17, 15) is 14.4 Å². The number of esters is 1. The zero-order valence-electron chi connectivity index (χ0n) is 14.1. The van der Waals surface area contributed by atoms with Gasteiger partial charge in [0.05, 0.1) is 0 Å². The fraction of sp³-hybridized carbons (Fsp3) is 0.500. The molecule has 0 aromatic heterocycles. The third-order valence-corrected chi connectivity index (χ3v) is 4.29. The average molecular weight is 367 g/mol. The minimum absolute atomic E-state index is 0.150. The first-order valence-electron chi connectivity index (χ1n) is 8.53. The fourth-order valence-electron chi connectivity index (χ4n) is 2.70. The van der Waals surface area contributed by atoms with E-state index in [0.29, 0.717) is 23.6 Å². The Kier molecular flexibility index (Phi) is 7.73. The van der Waals surface area contributed by atoms with Gasteiger partial charge < -0.3 is 15.4 Å². The van der Waals surface area contributed by atoms with Crippen LogP contribution in [0.5, 0.6) is 0 Å². The molecule has 0 heterocycles. The molecule has 0 atom stereocenters. The standard InChI is InChI=1S/C18H23ClN2O4/c19-14-9-7-13(8-10-14)18(24)20-11-3-6-17(23)25-12-16(22)21-15-4-1-2-5-15/h7-10,15H,1-6,11-12H2,(H,20,24)(H,21,22). The maximum atomic E-state index is 11.9. The molecule has 1 aliphatic rings. The van der Waals surface area contributed by atoms with Crippen molar-refractivity contribution in [1.82, 2.24) is 10.6 Å². The predicted molar refractivity (Wildman–Crippen MR) is 94.4 cm³/mol. The van der Waals surface area contributed by atoms with Gasteiger partial charge in [-0.05, 0) is 43.5 Å². The van der Waals surface area contributed by atoms with E-state index in [1.54, 1.807) is 24.3 Å². The molecule has 2 amide bonds. The highest BCUT2D eigenvalue weighted by Crippen LogP contribution is 2.17.